The Labute approximate surface area is 100 Å². The highest BCUT2D eigenvalue weighted by Gasteiger charge is 2.45. The Morgan fingerprint density at radius 3 is 2.71 bits per heavy atom. The fourth-order valence-corrected chi connectivity index (χ4v) is 2.67. The minimum absolute atomic E-state index is 0.175. The number of furan rings is 1. The van der Waals surface area contributed by atoms with Crippen LogP contribution in [0, 0.1) is 5.92 Å². The maximum absolute atomic E-state index is 11.1. The van der Waals surface area contributed by atoms with E-state index in [1.807, 2.05) is 12.1 Å². The zero-order valence-corrected chi connectivity index (χ0v) is 9.71. The summed E-state index contributed by atoms with van der Waals surface area (Å²) in [6.07, 6.45) is 5.90. The Morgan fingerprint density at radius 1 is 1.41 bits per heavy atom. The van der Waals surface area contributed by atoms with E-state index in [1.165, 1.54) is 12.8 Å². The standard InChI is InChI=1S/C13H17NO3/c15-13(16)11-5-6-12(11)14(9-3-4-9)8-10-2-1-7-17-10/h1-2,7,9,11-12H,3-6,8H2,(H,15,16). The molecule has 0 spiro atoms. The highest BCUT2D eigenvalue weighted by Crippen LogP contribution is 2.40. The van der Waals surface area contributed by atoms with Gasteiger partial charge in [-0.05, 0) is 37.8 Å². The summed E-state index contributed by atoms with van der Waals surface area (Å²) in [6.45, 7) is 0.756. The molecule has 0 aliphatic heterocycles. The van der Waals surface area contributed by atoms with E-state index in [4.69, 9.17) is 9.52 Å². The number of carbonyl (C=O) groups is 1. The molecule has 2 aliphatic rings. The molecule has 92 valence electrons. The van der Waals surface area contributed by atoms with Crippen LogP contribution in [0.25, 0.3) is 0 Å². The van der Waals surface area contributed by atoms with E-state index in [0.717, 1.165) is 25.1 Å². The van der Waals surface area contributed by atoms with Crippen molar-refractivity contribution in [2.75, 3.05) is 0 Å². The van der Waals surface area contributed by atoms with Gasteiger partial charge in [0, 0.05) is 12.1 Å². The summed E-state index contributed by atoms with van der Waals surface area (Å²) in [5.41, 5.74) is 0. The van der Waals surface area contributed by atoms with E-state index in [9.17, 15) is 4.79 Å². The third kappa shape index (κ3) is 2.09. The molecule has 0 saturated heterocycles. The summed E-state index contributed by atoms with van der Waals surface area (Å²) in [5.74, 6) is 0.116. The second kappa shape index (κ2) is 4.18. The first-order chi connectivity index (χ1) is 8.25. The average Bonchev–Trinajstić information content (AvgIpc) is 2.94. The van der Waals surface area contributed by atoms with Gasteiger partial charge in [-0.3, -0.25) is 9.69 Å². The van der Waals surface area contributed by atoms with Crippen molar-refractivity contribution in [2.24, 2.45) is 5.92 Å². The molecule has 2 aliphatic carbocycles. The van der Waals surface area contributed by atoms with Crippen molar-refractivity contribution in [3.63, 3.8) is 0 Å². The van der Waals surface area contributed by atoms with Crippen LogP contribution in [0.5, 0.6) is 0 Å². The van der Waals surface area contributed by atoms with Crippen molar-refractivity contribution in [3.05, 3.63) is 24.2 Å². The predicted octanol–water partition coefficient (Wildman–Crippen LogP) is 2.11. The topological polar surface area (TPSA) is 53.7 Å². The van der Waals surface area contributed by atoms with Gasteiger partial charge in [-0.15, -0.1) is 0 Å². The molecule has 4 nitrogen and oxygen atoms in total. The highest BCUT2D eigenvalue weighted by molar-refractivity contribution is 5.72. The molecule has 1 aromatic rings. The van der Waals surface area contributed by atoms with E-state index in [-0.39, 0.29) is 12.0 Å². The van der Waals surface area contributed by atoms with Gasteiger partial charge in [0.1, 0.15) is 5.76 Å². The lowest BCUT2D eigenvalue weighted by molar-refractivity contribution is -0.149. The van der Waals surface area contributed by atoms with E-state index in [2.05, 4.69) is 4.90 Å². The van der Waals surface area contributed by atoms with Crippen molar-refractivity contribution in [3.8, 4) is 0 Å². The summed E-state index contributed by atoms with van der Waals surface area (Å²) < 4.78 is 5.37. The Kier molecular flexibility index (Phi) is 2.67. The van der Waals surface area contributed by atoms with E-state index < -0.39 is 5.97 Å². The molecule has 0 aromatic carbocycles. The average molecular weight is 235 g/mol. The summed E-state index contributed by atoms with van der Waals surface area (Å²) >= 11 is 0. The van der Waals surface area contributed by atoms with Gasteiger partial charge in [-0.1, -0.05) is 0 Å². The van der Waals surface area contributed by atoms with Crippen LogP contribution in [0.2, 0.25) is 0 Å². The number of rotatable bonds is 5. The van der Waals surface area contributed by atoms with Crippen LogP contribution in [0.1, 0.15) is 31.4 Å². The Bertz CT molecular complexity index is 397. The van der Waals surface area contributed by atoms with Crippen LogP contribution in [-0.2, 0) is 11.3 Å². The Morgan fingerprint density at radius 2 is 2.24 bits per heavy atom. The van der Waals surface area contributed by atoms with E-state index >= 15 is 0 Å². The molecule has 4 heteroatoms. The minimum atomic E-state index is -0.647. The van der Waals surface area contributed by atoms with Crippen molar-refractivity contribution in [1.82, 2.24) is 4.90 Å². The number of carboxylic acid groups (broad SMARTS) is 1. The van der Waals surface area contributed by atoms with Crippen LogP contribution in [0.15, 0.2) is 22.8 Å². The number of aliphatic carboxylic acids is 1. The van der Waals surface area contributed by atoms with Crippen LogP contribution in [-0.4, -0.2) is 28.1 Å². The van der Waals surface area contributed by atoms with E-state index in [1.54, 1.807) is 6.26 Å². The third-order valence-corrected chi connectivity index (χ3v) is 3.92. The first-order valence-electron chi connectivity index (χ1n) is 6.26. The van der Waals surface area contributed by atoms with Gasteiger partial charge in [0.25, 0.3) is 0 Å². The first kappa shape index (κ1) is 10.8. The lowest BCUT2D eigenvalue weighted by atomic mass is 9.78. The van der Waals surface area contributed by atoms with Gasteiger partial charge in [0.15, 0.2) is 0 Å². The molecular weight excluding hydrogens is 218 g/mol. The molecule has 17 heavy (non-hydrogen) atoms. The van der Waals surface area contributed by atoms with Crippen molar-refractivity contribution in [2.45, 2.75) is 44.3 Å². The second-order valence-electron chi connectivity index (χ2n) is 5.07. The summed E-state index contributed by atoms with van der Waals surface area (Å²) in [4.78, 5) is 13.4. The maximum atomic E-state index is 11.1. The molecule has 1 N–H and O–H groups in total. The first-order valence-corrected chi connectivity index (χ1v) is 6.26. The monoisotopic (exact) mass is 235 g/mol. The van der Waals surface area contributed by atoms with Crippen LogP contribution >= 0.6 is 0 Å². The van der Waals surface area contributed by atoms with Crippen molar-refractivity contribution < 1.29 is 14.3 Å². The molecule has 0 bridgehead atoms. The zero-order valence-electron chi connectivity index (χ0n) is 9.71. The Balaban J connectivity index is 1.70. The quantitative estimate of drug-likeness (QED) is 0.849. The smallest absolute Gasteiger partial charge is 0.308 e. The zero-order chi connectivity index (χ0) is 11.8. The van der Waals surface area contributed by atoms with Crippen molar-refractivity contribution >= 4 is 5.97 Å². The number of hydrogen-bond acceptors (Lipinski definition) is 3. The van der Waals surface area contributed by atoms with Gasteiger partial charge < -0.3 is 9.52 Å². The molecule has 2 saturated carbocycles. The van der Waals surface area contributed by atoms with Gasteiger partial charge in [0.05, 0.1) is 18.7 Å². The lowest BCUT2D eigenvalue weighted by Gasteiger charge is -2.42. The molecule has 0 amide bonds. The summed E-state index contributed by atoms with van der Waals surface area (Å²) in [6, 6.07) is 4.64. The minimum Gasteiger partial charge on any atom is -0.481 e. The second-order valence-corrected chi connectivity index (χ2v) is 5.07. The Hall–Kier alpha value is -1.29. The normalized spacial score (nSPS) is 28.1. The molecule has 1 aromatic heterocycles. The van der Waals surface area contributed by atoms with Crippen LogP contribution in [0.4, 0.5) is 0 Å². The fraction of sp³-hybridized carbons (Fsp3) is 0.615. The maximum Gasteiger partial charge on any atom is 0.308 e. The largest absolute Gasteiger partial charge is 0.481 e. The molecule has 2 unspecified atom stereocenters. The van der Waals surface area contributed by atoms with Gasteiger partial charge in [-0.2, -0.15) is 0 Å². The van der Waals surface area contributed by atoms with E-state index in [0.29, 0.717) is 6.04 Å². The van der Waals surface area contributed by atoms with Crippen LogP contribution < -0.4 is 0 Å². The molecule has 0 radical (unpaired) electrons. The molecular formula is C13H17NO3. The molecule has 2 atom stereocenters. The molecule has 3 rings (SSSR count). The van der Waals surface area contributed by atoms with Gasteiger partial charge in [0.2, 0.25) is 0 Å². The number of hydrogen-bond donors (Lipinski definition) is 1. The fourth-order valence-electron chi connectivity index (χ4n) is 2.67. The lowest BCUT2D eigenvalue weighted by Crippen LogP contribution is -2.50. The summed E-state index contributed by atoms with van der Waals surface area (Å²) in [5, 5.41) is 9.13. The molecule has 1 heterocycles. The summed E-state index contributed by atoms with van der Waals surface area (Å²) in [7, 11) is 0. The molecule has 2 fully saturated rings. The highest BCUT2D eigenvalue weighted by atomic mass is 16.4. The number of nitrogens with zero attached hydrogens (tertiary/aromatic N) is 1. The van der Waals surface area contributed by atoms with Gasteiger partial charge >= 0.3 is 5.97 Å². The SMILES string of the molecule is O=C(O)C1CCC1N(Cc1ccco1)C1CC1. The van der Waals surface area contributed by atoms with Crippen LogP contribution in [0.3, 0.4) is 0 Å². The van der Waals surface area contributed by atoms with Gasteiger partial charge in [-0.25, -0.2) is 0 Å². The van der Waals surface area contributed by atoms with Crippen molar-refractivity contribution in [1.29, 1.82) is 0 Å². The predicted molar refractivity (Wildman–Crippen MR) is 61.4 cm³/mol. The third-order valence-electron chi connectivity index (χ3n) is 3.92. The number of carboxylic acids is 1.